The lowest BCUT2D eigenvalue weighted by Gasteiger charge is -2.11. The van der Waals surface area contributed by atoms with Gasteiger partial charge in [-0.2, -0.15) is 15.4 Å². The molecule has 0 aliphatic carbocycles. The molecule has 7 nitrogen and oxygen atoms in total. The Morgan fingerprint density at radius 2 is 1.65 bits per heavy atom. The number of nitrogens with zero attached hydrogens (tertiary/aromatic N) is 5. The van der Waals surface area contributed by atoms with Crippen LogP contribution in [0, 0.1) is 6.92 Å². The summed E-state index contributed by atoms with van der Waals surface area (Å²) in [4.78, 5) is 1.58. The molecule has 5 aromatic rings. The Morgan fingerprint density at radius 1 is 0.885 bits per heavy atom. The largest absolute Gasteiger partial charge is 0.507 e. The number of rotatable bonds is 2. The predicted molar refractivity (Wildman–Crippen MR) is 98.1 cm³/mol. The minimum Gasteiger partial charge on any atom is -0.507 e. The number of hydrogen-bond acceptors (Lipinski definition) is 5. The van der Waals surface area contributed by atoms with Gasteiger partial charge in [-0.05, 0) is 43.3 Å². The normalized spacial score (nSPS) is 11.4. The number of aromatic amines is 1. The monoisotopic (exact) mass is 342 g/mol. The molecule has 0 aliphatic rings. The third-order valence-electron chi connectivity index (χ3n) is 4.39. The van der Waals surface area contributed by atoms with E-state index in [9.17, 15) is 5.11 Å². The molecule has 0 saturated carbocycles. The first kappa shape index (κ1) is 14.6. The number of phenols is 1. The predicted octanol–water partition coefficient (Wildman–Crippen LogP) is 3.37. The standard InChI is InChI=1S/C19H14N6O/c1-11-6-9-17(26)12(10-11)18-16(8-7-15-19(18)21-24-20-15)25-22-13-4-2-3-5-14(13)23-25/h2-10,26H,1H3,(H,20,21,24). The van der Waals surface area contributed by atoms with Crippen LogP contribution in [0.4, 0.5) is 0 Å². The molecule has 26 heavy (non-hydrogen) atoms. The van der Waals surface area contributed by atoms with Crippen LogP contribution in [-0.4, -0.2) is 35.5 Å². The summed E-state index contributed by atoms with van der Waals surface area (Å²) in [6.07, 6.45) is 0. The Kier molecular flexibility index (Phi) is 3.02. The van der Waals surface area contributed by atoms with Crippen molar-refractivity contribution in [3.63, 3.8) is 0 Å². The minimum atomic E-state index is 0.170. The molecule has 0 aliphatic heterocycles. The molecule has 0 saturated heterocycles. The molecule has 0 amide bonds. The molecule has 0 radical (unpaired) electrons. The lowest BCUT2D eigenvalue weighted by molar-refractivity contribution is 0.477. The fourth-order valence-electron chi connectivity index (χ4n) is 3.15. The van der Waals surface area contributed by atoms with Crippen molar-refractivity contribution in [3.8, 4) is 22.6 Å². The van der Waals surface area contributed by atoms with Crippen molar-refractivity contribution in [2.45, 2.75) is 6.92 Å². The number of aryl methyl sites for hydroxylation is 1. The van der Waals surface area contributed by atoms with E-state index in [0.29, 0.717) is 16.6 Å². The Morgan fingerprint density at radius 3 is 2.42 bits per heavy atom. The number of aromatic nitrogens is 6. The van der Waals surface area contributed by atoms with Crippen LogP contribution in [0.15, 0.2) is 54.6 Å². The third-order valence-corrected chi connectivity index (χ3v) is 4.39. The van der Waals surface area contributed by atoms with E-state index in [2.05, 4.69) is 25.6 Å². The number of benzene rings is 3. The minimum absolute atomic E-state index is 0.170. The second kappa shape index (κ2) is 5.38. The van der Waals surface area contributed by atoms with Crippen molar-refractivity contribution in [1.82, 2.24) is 30.4 Å². The molecule has 0 unspecified atom stereocenters. The van der Waals surface area contributed by atoms with Gasteiger partial charge in [-0.25, -0.2) is 0 Å². The molecule has 7 heteroatoms. The maximum atomic E-state index is 10.5. The number of H-pyrrole nitrogens is 1. The number of phenolic OH excluding ortho intramolecular Hbond substituents is 1. The highest BCUT2D eigenvalue weighted by Gasteiger charge is 2.19. The first-order valence-corrected chi connectivity index (χ1v) is 8.16. The molecular weight excluding hydrogens is 328 g/mol. The van der Waals surface area contributed by atoms with Crippen molar-refractivity contribution in [3.05, 3.63) is 60.2 Å². The summed E-state index contributed by atoms with van der Waals surface area (Å²) in [5.41, 5.74) is 6.12. The highest BCUT2D eigenvalue weighted by molar-refractivity contribution is 5.98. The van der Waals surface area contributed by atoms with E-state index in [1.807, 2.05) is 55.5 Å². The van der Waals surface area contributed by atoms with Crippen LogP contribution in [0.25, 0.3) is 38.9 Å². The van der Waals surface area contributed by atoms with Crippen LogP contribution in [0.1, 0.15) is 5.56 Å². The van der Waals surface area contributed by atoms with Crippen molar-refractivity contribution in [1.29, 1.82) is 0 Å². The highest BCUT2D eigenvalue weighted by Crippen LogP contribution is 2.38. The van der Waals surface area contributed by atoms with Gasteiger partial charge in [0.1, 0.15) is 27.8 Å². The Bertz CT molecular complexity index is 1240. The van der Waals surface area contributed by atoms with Crippen LogP contribution in [0.2, 0.25) is 0 Å². The van der Waals surface area contributed by atoms with Crippen LogP contribution in [0.3, 0.4) is 0 Å². The van der Waals surface area contributed by atoms with E-state index in [1.165, 1.54) is 0 Å². The Hall–Kier alpha value is -3.74. The van der Waals surface area contributed by atoms with Crippen molar-refractivity contribution in [2.75, 3.05) is 0 Å². The SMILES string of the molecule is Cc1ccc(O)c(-c2c(-n3nc4ccccc4n3)ccc3n[nH]nc23)c1. The van der Waals surface area contributed by atoms with Gasteiger partial charge in [-0.3, -0.25) is 0 Å². The van der Waals surface area contributed by atoms with E-state index < -0.39 is 0 Å². The second-order valence-electron chi connectivity index (χ2n) is 6.15. The molecule has 2 heterocycles. The van der Waals surface area contributed by atoms with E-state index in [-0.39, 0.29) is 5.75 Å². The van der Waals surface area contributed by atoms with E-state index in [1.54, 1.807) is 10.9 Å². The Balaban J connectivity index is 1.87. The molecule has 126 valence electrons. The highest BCUT2D eigenvalue weighted by atomic mass is 16.3. The average molecular weight is 342 g/mol. The van der Waals surface area contributed by atoms with Gasteiger partial charge in [-0.1, -0.05) is 23.8 Å². The summed E-state index contributed by atoms with van der Waals surface area (Å²) < 4.78 is 0. The number of fused-ring (bicyclic) bond motifs is 2. The molecule has 2 aromatic heterocycles. The fourth-order valence-corrected chi connectivity index (χ4v) is 3.15. The smallest absolute Gasteiger partial charge is 0.123 e. The van der Waals surface area contributed by atoms with Gasteiger partial charge in [0.2, 0.25) is 0 Å². The maximum absolute atomic E-state index is 10.5. The van der Waals surface area contributed by atoms with Gasteiger partial charge >= 0.3 is 0 Å². The first-order chi connectivity index (χ1) is 12.7. The van der Waals surface area contributed by atoms with E-state index in [0.717, 1.165) is 27.8 Å². The Labute approximate surface area is 147 Å². The number of aromatic hydroxyl groups is 1. The molecule has 0 bridgehead atoms. The van der Waals surface area contributed by atoms with Crippen LogP contribution >= 0.6 is 0 Å². The molecule has 0 fully saturated rings. The fraction of sp³-hybridized carbons (Fsp3) is 0.0526. The molecule has 0 atom stereocenters. The zero-order valence-electron chi connectivity index (χ0n) is 13.9. The average Bonchev–Trinajstić information content (AvgIpc) is 3.29. The van der Waals surface area contributed by atoms with Gasteiger partial charge in [0.25, 0.3) is 0 Å². The lowest BCUT2D eigenvalue weighted by atomic mass is 9.99. The number of hydrogen-bond donors (Lipinski definition) is 2. The topological polar surface area (TPSA) is 92.5 Å². The number of nitrogens with one attached hydrogen (secondary N) is 1. The summed E-state index contributed by atoms with van der Waals surface area (Å²) in [5.74, 6) is 0.170. The van der Waals surface area contributed by atoms with Crippen molar-refractivity contribution < 1.29 is 5.11 Å². The zero-order valence-corrected chi connectivity index (χ0v) is 13.9. The van der Waals surface area contributed by atoms with Gasteiger partial charge in [0.15, 0.2) is 0 Å². The molecule has 3 aromatic carbocycles. The summed E-state index contributed by atoms with van der Waals surface area (Å²) >= 11 is 0. The molecule has 5 rings (SSSR count). The van der Waals surface area contributed by atoms with Gasteiger partial charge < -0.3 is 5.11 Å². The lowest BCUT2D eigenvalue weighted by Crippen LogP contribution is -2.02. The van der Waals surface area contributed by atoms with Gasteiger partial charge in [-0.15, -0.1) is 15.0 Å². The second-order valence-corrected chi connectivity index (χ2v) is 6.15. The maximum Gasteiger partial charge on any atom is 0.123 e. The summed E-state index contributed by atoms with van der Waals surface area (Å²) in [6, 6.07) is 16.9. The first-order valence-electron chi connectivity index (χ1n) is 8.16. The molecule has 0 spiro atoms. The molecular formula is C19H14N6O. The zero-order chi connectivity index (χ0) is 17.7. The van der Waals surface area contributed by atoms with E-state index in [4.69, 9.17) is 0 Å². The van der Waals surface area contributed by atoms with Crippen LogP contribution < -0.4 is 0 Å². The summed E-state index contributed by atoms with van der Waals surface area (Å²) in [7, 11) is 0. The summed E-state index contributed by atoms with van der Waals surface area (Å²) in [5, 5.41) is 30.8. The van der Waals surface area contributed by atoms with Crippen molar-refractivity contribution in [2.24, 2.45) is 0 Å². The summed E-state index contributed by atoms with van der Waals surface area (Å²) in [6.45, 7) is 1.98. The molecule has 2 N–H and O–H groups in total. The van der Waals surface area contributed by atoms with Crippen molar-refractivity contribution >= 4 is 22.1 Å². The quantitative estimate of drug-likeness (QED) is 0.513. The van der Waals surface area contributed by atoms with Crippen LogP contribution in [-0.2, 0) is 0 Å². The van der Waals surface area contributed by atoms with Crippen LogP contribution in [0.5, 0.6) is 5.75 Å². The van der Waals surface area contributed by atoms with Gasteiger partial charge in [0, 0.05) is 11.1 Å². The van der Waals surface area contributed by atoms with Gasteiger partial charge in [0.05, 0.1) is 5.69 Å². The third kappa shape index (κ3) is 2.14. The van der Waals surface area contributed by atoms with E-state index >= 15 is 0 Å².